The fraction of sp³-hybridized carbons (Fsp3) is 0.280. The van der Waals surface area contributed by atoms with Gasteiger partial charge >= 0.3 is 5.97 Å². The summed E-state index contributed by atoms with van der Waals surface area (Å²) in [6.45, 7) is 6.73. The summed E-state index contributed by atoms with van der Waals surface area (Å²) in [4.78, 5) is 16.5. The maximum Gasteiger partial charge on any atom is 0.353 e. The van der Waals surface area contributed by atoms with Crippen molar-refractivity contribution in [1.82, 2.24) is 4.98 Å². The Kier molecular flexibility index (Phi) is 7.13. The Bertz CT molecular complexity index is 972. The maximum atomic E-state index is 12.3. The summed E-state index contributed by atoms with van der Waals surface area (Å²) < 4.78 is 12.1. The molecule has 0 fully saturated rings. The minimum Gasteiger partial charge on any atom is -0.472 e. The van der Waals surface area contributed by atoms with Crippen LogP contribution < -0.4 is 4.74 Å². The number of esters is 1. The van der Waals surface area contributed by atoms with Gasteiger partial charge in [-0.15, -0.1) is 0 Å². The fourth-order valence-corrected chi connectivity index (χ4v) is 3.87. The van der Waals surface area contributed by atoms with Crippen LogP contribution in [0.15, 0.2) is 72.9 Å². The van der Waals surface area contributed by atoms with Gasteiger partial charge in [0.15, 0.2) is 0 Å². The summed E-state index contributed by atoms with van der Waals surface area (Å²) in [7, 11) is 1.35. The predicted octanol–water partition coefficient (Wildman–Crippen LogP) is 5.94. The first-order chi connectivity index (χ1) is 14.4. The minimum absolute atomic E-state index is 0.147. The van der Waals surface area contributed by atoms with Crippen molar-refractivity contribution in [2.24, 2.45) is 5.92 Å². The minimum atomic E-state index is -0.908. The number of nitrogens with zero attached hydrogens (tertiary/aromatic N) is 1. The first-order valence-electron chi connectivity index (χ1n) is 9.88. The molecule has 1 aromatic heterocycles. The van der Waals surface area contributed by atoms with Gasteiger partial charge in [0, 0.05) is 15.2 Å². The van der Waals surface area contributed by atoms with Crippen molar-refractivity contribution in [2.45, 2.75) is 32.3 Å². The molecular weight excluding hydrogens is 489 g/mol. The lowest BCUT2D eigenvalue weighted by Crippen LogP contribution is -2.30. The monoisotopic (exact) mass is 515 g/mol. The number of aromatic nitrogens is 1. The average molecular weight is 515 g/mol. The van der Waals surface area contributed by atoms with Gasteiger partial charge in [0.1, 0.15) is 5.75 Å². The van der Waals surface area contributed by atoms with Crippen LogP contribution in [0, 0.1) is 9.49 Å². The second-order valence-electron chi connectivity index (χ2n) is 7.66. The highest BCUT2D eigenvalue weighted by Gasteiger charge is 2.33. The van der Waals surface area contributed by atoms with Gasteiger partial charge in [0.2, 0.25) is 6.10 Å². The molecule has 5 heteroatoms. The van der Waals surface area contributed by atoms with E-state index in [1.54, 1.807) is 18.3 Å². The molecule has 3 aromatic rings. The predicted molar refractivity (Wildman–Crippen MR) is 127 cm³/mol. The molecule has 1 heterocycles. The lowest BCUT2D eigenvalue weighted by molar-refractivity contribution is -0.149. The third-order valence-corrected chi connectivity index (χ3v) is 6.40. The molecule has 0 bridgehead atoms. The molecule has 2 atom stereocenters. The molecule has 0 unspecified atom stereocenters. The lowest BCUT2D eigenvalue weighted by atomic mass is 9.68. The number of methoxy groups -OCH3 is 1. The molecule has 2 aromatic carbocycles. The van der Waals surface area contributed by atoms with Crippen molar-refractivity contribution in [3.63, 3.8) is 0 Å². The number of halogens is 1. The zero-order valence-corrected chi connectivity index (χ0v) is 19.8. The Morgan fingerprint density at radius 2 is 1.57 bits per heavy atom. The topological polar surface area (TPSA) is 48.4 Å². The zero-order chi connectivity index (χ0) is 21.7. The number of pyridine rings is 1. The van der Waals surface area contributed by atoms with Crippen LogP contribution in [0.1, 0.15) is 43.7 Å². The van der Waals surface area contributed by atoms with E-state index in [0.717, 1.165) is 0 Å². The van der Waals surface area contributed by atoms with Crippen molar-refractivity contribution >= 4 is 28.6 Å². The summed E-state index contributed by atoms with van der Waals surface area (Å²) in [5.74, 6) is 0.498. The normalized spacial score (nSPS) is 14.1. The quantitative estimate of drug-likeness (QED) is 0.289. The number of rotatable bonds is 7. The van der Waals surface area contributed by atoms with E-state index in [9.17, 15) is 4.79 Å². The molecule has 30 heavy (non-hydrogen) atoms. The molecule has 4 nitrogen and oxygen atoms in total. The van der Waals surface area contributed by atoms with E-state index < -0.39 is 12.1 Å². The molecule has 0 saturated carbocycles. The number of hydrogen-bond donors (Lipinski definition) is 0. The molecule has 0 radical (unpaired) electrons. The second-order valence-corrected chi connectivity index (χ2v) is 8.91. The van der Waals surface area contributed by atoms with Gasteiger partial charge in [-0.3, -0.25) is 4.98 Å². The van der Waals surface area contributed by atoms with Crippen LogP contribution in [0.4, 0.5) is 0 Å². The molecule has 0 aliphatic rings. The third kappa shape index (κ3) is 4.67. The maximum absolute atomic E-state index is 12.3. The summed E-state index contributed by atoms with van der Waals surface area (Å²) in [5.41, 5.74) is 2.83. The van der Waals surface area contributed by atoms with E-state index in [0.29, 0.717) is 17.4 Å². The van der Waals surface area contributed by atoms with E-state index in [-0.39, 0.29) is 5.41 Å². The van der Waals surface area contributed by atoms with Crippen molar-refractivity contribution in [1.29, 1.82) is 0 Å². The highest BCUT2D eigenvalue weighted by molar-refractivity contribution is 14.1. The zero-order valence-electron chi connectivity index (χ0n) is 17.6. The van der Waals surface area contributed by atoms with E-state index in [4.69, 9.17) is 9.47 Å². The van der Waals surface area contributed by atoms with E-state index >= 15 is 0 Å². The number of benzene rings is 2. The largest absolute Gasteiger partial charge is 0.472 e. The molecule has 0 spiro atoms. The standard InChI is InChI=1S/C25H26INO3/c1-17(2)25(3,18-8-12-20(26)13-9-18)19-10-14-21(15-11-19)30-23(24(28)29-4)22-7-5-6-16-27-22/h5-17,23H,1-4H3/t23-,25+/m0/s1. The Labute approximate surface area is 191 Å². The third-order valence-electron chi connectivity index (χ3n) is 5.68. The fourth-order valence-electron chi connectivity index (χ4n) is 3.51. The first-order valence-corrected chi connectivity index (χ1v) is 11.0. The Morgan fingerprint density at radius 3 is 2.07 bits per heavy atom. The Morgan fingerprint density at radius 1 is 0.967 bits per heavy atom. The molecule has 0 saturated heterocycles. The van der Waals surface area contributed by atoms with E-state index in [1.165, 1.54) is 21.8 Å². The smallest absolute Gasteiger partial charge is 0.353 e. The van der Waals surface area contributed by atoms with Crippen molar-refractivity contribution in [3.8, 4) is 5.75 Å². The van der Waals surface area contributed by atoms with Crippen LogP contribution >= 0.6 is 22.6 Å². The van der Waals surface area contributed by atoms with Crippen molar-refractivity contribution < 1.29 is 14.3 Å². The summed E-state index contributed by atoms with van der Waals surface area (Å²) in [6.07, 6.45) is 0.724. The average Bonchev–Trinajstić information content (AvgIpc) is 2.77. The van der Waals surface area contributed by atoms with Gasteiger partial charge in [-0.25, -0.2) is 4.79 Å². The number of ether oxygens (including phenoxy) is 2. The molecule has 0 aliphatic carbocycles. The lowest BCUT2D eigenvalue weighted by Gasteiger charge is -2.35. The summed E-state index contributed by atoms with van der Waals surface area (Å²) in [5, 5.41) is 0. The molecule has 0 aliphatic heterocycles. The van der Waals surface area contributed by atoms with Gasteiger partial charge in [-0.05, 0) is 76.0 Å². The van der Waals surface area contributed by atoms with Crippen LogP contribution in [0.3, 0.4) is 0 Å². The van der Waals surface area contributed by atoms with Gasteiger partial charge in [-0.1, -0.05) is 51.1 Å². The van der Waals surface area contributed by atoms with E-state index in [2.05, 4.69) is 84.7 Å². The SMILES string of the molecule is COC(=O)[C@@H](Oc1ccc([C@@](C)(c2ccc(I)cc2)C(C)C)cc1)c1ccccn1. The Balaban J connectivity index is 1.90. The van der Waals surface area contributed by atoms with Crippen LogP contribution in [0.5, 0.6) is 5.75 Å². The Hall–Kier alpha value is -2.41. The summed E-state index contributed by atoms with van der Waals surface area (Å²) in [6, 6.07) is 22.0. The number of carbonyl (C=O) groups is 1. The molecule has 3 rings (SSSR count). The van der Waals surface area contributed by atoms with Gasteiger partial charge in [0.25, 0.3) is 0 Å². The van der Waals surface area contributed by atoms with Gasteiger partial charge < -0.3 is 9.47 Å². The van der Waals surface area contributed by atoms with Crippen molar-refractivity contribution in [3.05, 3.63) is 93.3 Å². The second kappa shape index (κ2) is 9.60. The van der Waals surface area contributed by atoms with Crippen LogP contribution in [0.25, 0.3) is 0 Å². The molecule has 156 valence electrons. The van der Waals surface area contributed by atoms with Gasteiger partial charge in [0.05, 0.1) is 12.8 Å². The van der Waals surface area contributed by atoms with E-state index in [1.807, 2.05) is 18.2 Å². The highest BCUT2D eigenvalue weighted by atomic mass is 127. The summed E-state index contributed by atoms with van der Waals surface area (Å²) >= 11 is 2.33. The van der Waals surface area contributed by atoms with Crippen LogP contribution in [0.2, 0.25) is 0 Å². The molecule has 0 N–H and O–H groups in total. The molecular formula is C25H26INO3. The molecule has 0 amide bonds. The van der Waals surface area contributed by atoms with Crippen LogP contribution in [-0.2, 0) is 14.9 Å². The van der Waals surface area contributed by atoms with Crippen LogP contribution in [-0.4, -0.2) is 18.1 Å². The van der Waals surface area contributed by atoms with Crippen molar-refractivity contribution in [2.75, 3.05) is 7.11 Å². The first kappa shape index (κ1) is 22.3. The highest BCUT2D eigenvalue weighted by Crippen LogP contribution is 2.39. The van der Waals surface area contributed by atoms with Gasteiger partial charge in [-0.2, -0.15) is 0 Å². The number of carbonyl (C=O) groups excluding carboxylic acids is 1. The number of hydrogen-bond acceptors (Lipinski definition) is 4.